The van der Waals surface area contributed by atoms with Gasteiger partial charge in [-0.25, -0.2) is 0 Å². The topological polar surface area (TPSA) is 102 Å². The maximum absolute atomic E-state index is 11.9. The molecular formula is C11H20N4O3. The Labute approximate surface area is 106 Å². The number of ether oxygens (including phenoxy) is 1. The molecule has 102 valence electrons. The Kier molecular flexibility index (Phi) is 5.60. The third-order valence-corrected chi connectivity index (χ3v) is 2.48. The first-order chi connectivity index (χ1) is 8.61. The molecule has 1 rings (SSSR count). The molecule has 0 spiro atoms. The van der Waals surface area contributed by atoms with Gasteiger partial charge >= 0.3 is 0 Å². The molecule has 1 amide bonds. The van der Waals surface area contributed by atoms with Gasteiger partial charge in [-0.05, 0) is 6.42 Å². The lowest BCUT2D eigenvalue weighted by Gasteiger charge is -2.06. The van der Waals surface area contributed by atoms with Gasteiger partial charge < -0.3 is 20.9 Å². The minimum absolute atomic E-state index is 0.0253. The van der Waals surface area contributed by atoms with E-state index in [-0.39, 0.29) is 19.1 Å². The molecule has 1 heterocycles. The van der Waals surface area contributed by atoms with Gasteiger partial charge in [-0.15, -0.1) is 0 Å². The molecule has 0 saturated carbocycles. The van der Waals surface area contributed by atoms with E-state index in [0.29, 0.717) is 31.0 Å². The van der Waals surface area contributed by atoms with Gasteiger partial charge in [0, 0.05) is 13.6 Å². The van der Waals surface area contributed by atoms with Crippen molar-refractivity contribution in [3.8, 4) is 0 Å². The summed E-state index contributed by atoms with van der Waals surface area (Å²) in [5.74, 6) is -0.269. The number of hydrogen-bond donors (Lipinski definition) is 3. The van der Waals surface area contributed by atoms with Crippen molar-refractivity contribution in [2.75, 3.05) is 32.1 Å². The number of carbonyl (C=O) groups is 1. The Morgan fingerprint density at radius 3 is 2.83 bits per heavy atom. The van der Waals surface area contributed by atoms with E-state index < -0.39 is 0 Å². The van der Waals surface area contributed by atoms with Gasteiger partial charge in [-0.3, -0.25) is 9.48 Å². The Balaban J connectivity index is 2.54. The van der Waals surface area contributed by atoms with Crippen LogP contribution in [0.1, 0.15) is 23.1 Å². The molecule has 0 saturated heterocycles. The molecular weight excluding hydrogens is 236 g/mol. The van der Waals surface area contributed by atoms with Crippen LogP contribution >= 0.6 is 0 Å². The van der Waals surface area contributed by atoms with Crippen LogP contribution in [-0.4, -0.2) is 47.2 Å². The number of aromatic nitrogens is 2. The van der Waals surface area contributed by atoms with Gasteiger partial charge in [0.25, 0.3) is 5.91 Å². The van der Waals surface area contributed by atoms with Crippen LogP contribution in [0.5, 0.6) is 0 Å². The lowest BCUT2D eigenvalue weighted by molar-refractivity contribution is 0.0833. The summed E-state index contributed by atoms with van der Waals surface area (Å²) in [4.78, 5) is 11.9. The standard InChI is InChI=1S/C11H20N4O3/c1-3-8-9(12)10(15(2)14-8)11(17)13-4-6-18-7-5-16/h16H,3-7,12H2,1-2H3,(H,13,17). The summed E-state index contributed by atoms with van der Waals surface area (Å²) in [6, 6.07) is 0. The third-order valence-electron chi connectivity index (χ3n) is 2.48. The fourth-order valence-electron chi connectivity index (χ4n) is 1.61. The molecule has 0 unspecified atom stereocenters. The number of amides is 1. The average molecular weight is 256 g/mol. The van der Waals surface area contributed by atoms with Gasteiger partial charge in [-0.1, -0.05) is 6.92 Å². The molecule has 7 nitrogen and oxygen atoms in total. The SMILES string of the molecule is CCc1nn(C)c(C(=O)NCCOCCO)c1N. The number of hydrogen-bond acceptors (Lipinski definition) is 5. The molecule has 0 aromatic carbocycles. The van der Waals surface area contributed by atoms with E-state index in [1.54, 1.807) is 7.05 Å². The number of aliphatic hydroxyl groups is 1. The van der Waals surface area contributed by atoms with E-state index >= 15 is 0 Å². The van der Waals surface area contributed by atoms with Crippen molar-refractivity contribution in [3.63, 3.8) is 0 Å². The molecule has 0 atom stereocenters. The number of carbonyl (C=O) groups excluding carboxylic acids is 1. The molecule has 4 N–H and O–H groups in total. The largest absolute Gasteiger partial charge is 0.395 e. The highest BCUT2D eigenvalue weighted by molar-refractivity contribution is 5.97. The second kappa shape index (κ2) is 6.97. The van der Waals surface area contributed by atoms with Crippen LogP contribution in [0.25, 0.3) is 0 Å². The van der Waals surface area contributed by atoms with Crippen molar-refractivity contribution in [2.24, 2.45) is 7.05 Å². The van der Waals surface area contributed by atoms with E-state index in [1.807, 2.05) is 6.92 Å². The summed E-state index contributed by atoms with van der Waals surface area (Å²) >= 11 is 0. The second-order valence-electron chi connectivity index (χ2n) is 3.78. The number of aliphatic hydroxyl groups excluding tert-OH is 1. The first-order valence-corrected chi connectivity index (χ1v) is 5.90. The van der Waals surface area contributed by atoms with Crippen molar-refractivity contribution >= 4 is 11.6 Å². The molecule has 1 aromatic heterocycles. The van der Waals surface area contributed by atoms with E-state index in [2.05, 4.69) is 10.4 Å². The number of anilines is 1. The number of rotatable bonds is 7. The van der Waals surface area contributed by atoms with Crippen molar-refractivity contribution in [1.82, 2.24) is 15.1 Å². The highest BCUT2D eigenvalue weighted by Gasteiger charge is 2.18. The van der Waals surface area contributed by atoms with E-state index in [1.165, 1.54) is 4.68 Å². The van der Waals surface area contributed by atoms with E-state index in [9.17, 15) is 4.79 Å². The van der Waals surface area contributed by atoms with Crippen molar-refractivity contribution in [3.05, 3.63) is 11.4 Å². The van der Waals surface area contributed by atoms with Crippen molar-refractivity contribution in [1.29, 1.82) is 0 Å². The highest BCUT2D eigenvalue weighted by Crippen LogP contribution is 2.16. The Morgan fingerprint density at radius 1 is 1.56 bits per heavy atom. The van der Waals surface area contributed by atoms with Gasteiger partial charge in [0.05, 0.1) is 31.2 Å². The van der Waals surface area contributed by atoms with Crippen molar-refractivity contribution < 1.29 is 14.6 Å². The van der Waals surface area contributed by atoms with Crippen LogP contribution in [0.15, 0.2) is 0 Å². The molecule has 0 radical (unpaired) electrons. The van der Waals surface area contributed by atoms with Gasteiger partial charge in [-0.2, -0.15) is 5.10 Å². The summed E-state index contributed by atoms with van der Waals surface area (Å²) < 4.78 is 6.52. The number of nitrogen functional groups attached to an aromatic ring is 1. The Morgan fingerprint density at radius 2 is 2.28 bits per heavy atom. The highest BCUT2D eigenvalue weighted by atomic mass is 16.5. The smallest absolute Gasteiger partial charge is 0.271 e. The van der Waals surface area contributed by atoms with Crippen LogP contribution < -0.4 is 11.1 Å². The average Bonchev–Trinajstić information content (AvgIpc) is 2.63. The summed E-state index contributed by atoms with van der Waals surface area (Å²) in [6.45, 7) is 2.89. The lowest BCUT2D eigenvalue weighted by atomic mass is 10.2. The molecule has 1 aromatic rings. The predicted molar refractivity (Wildman–Crippen MR) is 67.2 cm³/mol. The Bertz CT molecular complexity index is 403. The molecule has 0 fully saturated rings. The monoisotopic (exact) mass is 256 g/mol. The first-order valence-electron chi connectivity index (χ1n) is 5.90. The quantitative estimate of drug-likeness (QED) is 0.560. The molecule has 0 bridgehead atoms. The number of aryl methyl sites for hydroxylation is 2. The van der Waals surface area contributed by atoms with Gasteiger partial charge in [0.1, 0.15) is 5.69 Å². The second-order valence-corrected chi connectivity index (χ2v) is 3.78. The summed E-state index contributed by atoms with van der Waals surface area (Å²) in [5.41, 5.74) is 7.37. The van der Waals surface area contributed by atoms with E-state index in [4.69, 9.17) is 15.6 Å². The van der Waals surface area contributed by atoms with E-state index in [0.717, 1.165) is 5.69 Å². The van der Waals surface area contributed by atoms with Crippen LogP contribution in [0.4, 0.5) is 5.69 Å². The zero-order valence-electron chi connectivity index (χ0n) is 10.8. The zero-order valence-corrected chi connectivity index (χ0v) is 10.8. The summed E-state index contributed by atoms with van der Waals surface area (Å²) in [7, 11) is 1.69. The summed E-state index contributed by atoms with van der Waals surface area (Å²) in [6.07, 6.45) is 0.687. The molecule has 0 aliphatic carbocycles. The molecule has 18 heavy (non-hydrogen) atoms. The molecule has 0 aliphatic rings. The van der Waals surface area contributed by atoms with Crippen LogP contribution in [0.2, 0.25) is 0 Å². The maximum Gasteiger partial charge on any atom is 0.271 e. The van der Waals surface area contributed by atoms with Gasteiger partial charge in [0.15, 0.2) is 0 Å². The van der Waals surface area contributed by atoms with Crippen LogP contribution in [0.3, 0.4) is 0 Å². The predicted octanol–water partition coefficient (Wildman–Crippen LogP) is -0.697. The first kappa shape index (κ1) is 14.5. The third kappa shape index (κ3) is 3.44. The molecule has 7 heteroatoms. The van der Waals surface area contributed by atoms with Crippen LogP contribution in [0, 0.1) is 0 Å². The maximum atomic E-state index is 11.9. The number of nitrogens with one attached hydrogen (secondary N) is 1. The fraction of sp³-hybridized carbons (Fsp3) is 0.636. The minimum Gasteiger partial charge on any atom is -0.395 e. The zero-order chi connectivity index (χ0) is 13.5. The summed E-state index contributed by atoms with van der Waals surface area (Å²) in [5, 5.41) is 15.4. The fourth-order valence-corrected chi connectivity index (χ4v) is 1.61. The number of nitrogens with two attached hydrogens (primary N) is 1. The lowest BCUT2D eigenvalue weighted by Crippen LogP contribution is -2.29. The molecule has 0 aliphatic heterocycles. The Hall–Kier alpha value is -1.60. The normalized spacial score (nSPS) is 10.6. The minimum atomic E-state index is -0.269. The van der Waals surface area contributed by atoms with Crippen molar-refractivity contribution in [2.45, 2.75) is 13.3 Å². The van der Waals surface area contributed by atoms with Crippen LogP contribution in [-0.2, 0) is 18.2 Å². The van der Waals surface area contributed by atoms with Gasteiger partial charge in [0.2, 0.25) is 0 Å². The number of nitrogens with zero attached hydrogens (tertiary/aromatic N) is 2.